The van der Waals surface area contributed by atoms with E-state index in [1.54, 1.807) is 11.7 Å². The van der Waals surface area contributed by atoms with Gasteiger partial charge in [-0.1, -0.05) is 0 Å². The number of carbonyl (C=O) groups is 1. The summed E-state index contributed by atoms with van der Waals surface area (Å²) in [6.45, 7) is 0.692. The lowest BCUT2D eigenvalue weighted by molar-refractivity contribution is 0.0965. The van der Waals surface area contributed by atoms with Gasteiger partial charge >= 0.3 is 0 Å². The van der Waals surface area contributed by atoms with Gasteiger partial charge in [-0.25, -0.2) is 0 Å². The fraction of sp³-hybridized carbons (Fsp3) is 0.364. The summed E-state index contributed by atoms with van der Waals surface area (Å²) in [4.78, 5) is 11.7. The van der Waals surface area contributed by atoms with E-state index in [2.05, 4.69) is 20.1 Å². The molecule has 0 saturated carbocycles. The zero-order chi connectivity index (χ0) is 13.8. The molecular formula is C11H16N6OS. The Kier molecular flexibility index (Phi) is 4.00. The van der Waals surface area contributed by atoms with Gasteiger partial charge in [0.1, 0.15) is 10.6 Å². The van der Waals surface area contributed by atoms with Crippen molar-refractivity contribution in [1.29, 1.82) is 0 Å². The molecule has 1 amide bonds. The van der Waals surface area contributed by atoms with E-state index in [1.807, 2.05) is 19.4 Å². The fourth-order valence-electron chi connectivity index (χ4n) is 1.69. The number of aryl methyl sites for hydroxylation is 1. The fourth-order valence-corrected chi connectivity index (χ4v) is 2.42. The normalized spacial score (nSPS) is 10.4. The van der Waals surface area contributed by atoms with E-state index in [-0.39, 0.29) is 11.7 Å². The largest absolute Gasteiger partial charge is 0.382 e. The number of hydrogen-bond acceptors (Lipinski definition) is 6. The first-order valence-electron chi connectivity index (χ1n) is 5.80. The van der Waals surface area contributed by atoms with E-state index in [0.29, 0.717) is 17.1 Å². The maximum absolute atomic E-state index is 11.7. The van der Waals surface area contributed by atoms with Gasteiger partial charge in [0.25, 0.3) is 5.91 Å². The summed E-state index contributed by atoms with van der Waals surface area (Å²) in [5.41, 5.74) is 7.24. The van der Waals surface area contributed by atoms with Crippen LogP contribution in [-0.4, -0.2) is 33.7 Å². The maximum atomic E-state index is 11.7. The van der Waals surface area contributed by atoms with Crippen LogP contribution in [0.3, 0.4) is 0 Å². The lowest BCUT2D eigenvalue weighted by Gasteiger charge is -2.05. The van der Waals surface area contributed by atoms with Crippen molar-refractivity contribution in [3.05, 3.63) is 23.5 Å². The third-order valence-electron chi connectivity index (χ3n) is 2.63. The average molecular weight is 280 g/mol. The number of carbonyl (C=O) groups excluding carboxylic acids is 1. The number of aromatic nitrogens is 3. The van der Waals surface area contributed by atoms with Crippen LogP contribution in [0.2, 0.25) is 0 Å². The smallest absolute Gasteiger partial charge is 0.257 e. The Morgan fingerprint density at radius 1 is 1.58 bits per heavy atom. The van der Waals surface area contributed by atoms with Gasteiger partial charge in [-0.15, -0.1) is 0 Å². The Hall–Kier alpha value is -2.09. The highest BCUT2D eigenvalue weighted by Crippen LogP contribution is 2.26. The Bertz CT molecular complexity index is 576. The Morgan fingerprint density at radius 3 is 3.00 bits per heavy atom. The molecule has 19 heavy (non-hydrogen) atoms. The van der Waals surface area contributed by atoms with E-state index in [9.17, 15) is 4.79 Å². The molecule has 0 radical (unpaired) electrons. The second kappa shape index (κ2) is 5.70. The predicted molar refractivity (Wildman–Crippen MR) is 75.3 cm³/mol. The van der Waals surface area contributed by atoms with Crippen LogP contribution in [0.1, 0.15) is 15.9 Å². The number of nitrogens with one attached hydrogen (secondary N) is 2. The van der Waals surface area contributed by atoms with Crippen LogP contribution < -0.4 is 16.4 Å². The van der Waals surface area contributed by atoms with Gasteiger partial charge in [-0.2, -0.15) is 9.47 Å². The molecule has 8 heteroatoms. The van der Waals surface area contributed by atoms with Gasteiger partial charge in [0, 0.05) is 26.8 Å². The summed E-state index contributed by atoms with van der Waals surface area (Å²) in [5, 5.41) is 10.5. The van der Waals surface area contributed by atoms with Gasteiger partial charge in [0.05, 0.1) is 6.20 Å². The van der Waals surface area contributed by atoms with Crippen LogP contribution in [0.4, 0.5) is 10.8 Å². The van der Waals surface area contributed by atoms with Crippen LogP contribution in [0.15, 0.2) is 12.4 Å². The Balaban J connectivity index is 1.98. The van der Waals surface area contributed by atoms with Gasteiger partial charge in [-0.05, 0) is 23.5 Å². The summed E-state index contributed by atoms with van der Waals surface area (Å²) < 4.78 is 5.75. The summed E-state index contributed by atoms with van der Waals surface area (Å²) in [6.07, 6.45) is 4.60. The number of nitrogens with zero attached hydrogens (tertiary/aromatic N) is 3. The average Bonchev–Trinajstić information content (AvgIpc) is 2.96. The van der Waals surface area contributed by atoms with Crippen molar-refractivity contribution in [3.8, 4) is 0 Å². The second-order valence-corrected chi connectivity index (χ2v) is 4.82. The SMILES string of the molecule is CNC(=O)c1c(N)nsc1NCCc1cnn(C)c1. The molecule has 2 heterocycles. The van der Waals surface area contributed by atoms with Crippen LogP contribution in [-0.2, 0) is 13.5 Å². The van der Waals surface area contributed by atoms with Gasteiger partial charge < -0.3 is 16.4 Å². The molecule has 0 aliphatic rings. The first kappa shape index (κ1) is 13.3. The highest BCUT2D eigenvalue weighted by atomic mass is 32.1. The second-order valence-electron chi connectivity index (χ2n) is 4.05. The van der Waals surface area contributed by atoms with Crippen molar-refractivity contribution in [3.63, 3.8) is 0 Å². The standard InChI is InChI=1S/C11H16N6OS/c1-13-10(18)8-9(12)16-19-11(8)14-4-3-7-5-15-17(2)6-7/h5-6,14H,3-4H2,1-2H3,(H2,12,16)(H,13,18). The van der Waals surface area contributed by atoms with Gasteiger partial charge in [-0.3, -0.25) is 9.48 Å². The van der Waals surface area contributed by atoms with E-state index >= 15 is 0 Å². The molecule has 0 fully saturated rings. The molecule has 7 nitrogen and oxygen atoms in total. The quantitative estimate of drug-likeness (QED) is 0.739. The molecule has 0 spiro atoms. The van der Waals surface area contributed by atoms with Gasteiger partial charge in [0.2, 0.25) is 0 Å². The number of rotatable bonds is 5. The van der Waals surface area contributed by atoms with E-state index in [0.717, 1.165) is 12.0 Å². The minimum Gasteiger partial charge on any atom is -0.382 e. The Morgan fingerprint density at radius 2 is 2.37 bits per heavy atom. The highest BCUT2D eigenvalue weighted by molar-refractivity contribution is 7.11. The first-order chi connectivity index (χ1) is 9.11. The topological polar surface area (TPSA) is 97.9 Å². The first-order valence-corrected chi connectivity index (χ1v) is 6.57. The molecule has 0 aliphatic heterocycles. The minimum atomic E-state index is -0.227. The van der Waals surface area contributed by atoms with E-state index in [1.165, 1.54) is 11.5 Å². The van der Waals surface area contributed by atoms with Crippen molar-refractivity contribution >= 4 is 28.3 Å². The molecule has 102 valence electrons. The third kappa shape index (κ3) is 3.02. The Labute approximate surface area is 115 Å². The number of anilines is 2. The molecule has 0 unspecified atom stereocenters. The molecular weight excluding hydrogens is 264 g/mol. The third-order valence-corrected chi connectivity index (χ3v) is 3.45. The molecule has 0 atom stereocenters. The molecule has 0 aliphatic carbocycles. The number of nitrogens with two attached hydrogens (primary N) is 1. The molecule has 0 saturated heterocycles. The van der Waals surface area contributed by atoms with Crippen molar-refractivity contribution in [2.24, 2.45) is 7.05 Å². The zero-order valence-electron chi connectivity index (χ0n) is 10.8. The molecule has 0 aromatic carbocycles. The predicted octanol–water partition coefficient (Wildman–Crippen LogP) is 0.473. The van der Waals surface area contributed by atoms with Crippen LogP contribution in [0.25, 0.3) is 0 Å². The van der Waals surface area contributed by atoms with Gasteiger partial charge in [0.15, 0.2) is 5.82 Å². The summed E-state index contributed by atoms with van der Waals surface area (Å²) >= 11 is 1.19. The van der Waals surface area contributed by atoms with E-state index in [4.69, 9.17) is 5.73 Å². The summed E-state index contributed by atoms with van der Waals surface area (Å²) in [6, 6.07) is 0. The number of nitrogen functional groups attached to an aromatic ring is 1. The van der Waals surface area contributed by atoms with Crippen molar-refractivity contribution in [2.45, 2.75) is 6.42 Å². The maximum Gasteiger partial charge on any atom is 0.257 e. The molecule has 2 aromatic rings. The monoisotopic (exact) mass is 280 g/mol. The number of hydrogen-bond donors (Lipinski definition) is 3. The van der Waals surface area contributed by atoms with Crippen molar-refractivity contribution in [2.75, 3.05) is 24.6 Å². The van der Waals surface area contributed by atoms with E-state index < -0.39 is 0 Å². The lowest BCUT2D eigenvalue weighted by Crippen LogP contribution is -2.20. The number of amides is 1. The molecule has 2 aromatic heterocycles. The van der Waals surface area contributed by atoms with Crippen LogP contribution >= 0.6 is 11.5 Å². The van der Waals surface area contributed by atoms with Crippen molar-refractivity contribution in [1.82, 2.24) is 19.5 Å². The molecule has 2 rings (SSSR count). The highest BCUT2D eigenvalue weighted by Gasteiger charge is 2.17. The van der Waals surface area contributed by atoms with Crippen LogP contribution in [0, 0.1) is 0 Å². The minimum absolute atomic E-state index is 0.227. The lowest BCUT2D eigenvalue weighted by atomic mass is 10.2. The molecule has 0 bridgehead atoms. The molecule has 4 N–H and O–H groups in total. The summed E-state index contributed by atoms with van der Waals surface area (Å²) in [7, 11) is 3.45. The van der Waals surface area contributed by atoms with Crippen LogP contribution in [0.5, 0.6) is 0 Å². The summed E-state index contributed by atoms with van der Waals surface area (Å²) in [5.74, 6) is 0.0309. The zero-order valence-corrected chi connectivity index (χ0v) is 11.6. The van der Waals surface area contributed by atoms with Crippen molar-refractivity contribution < 1.29 is 4.79 Å².